The number of alkyl halides is 3. The number of halogens is 3. The molecule has 0 aliphatic heterocycles. The molecule has 0 saturated carbocycles. The molecule has 2 N–H and O–H groups in total. The van der Waals surface area contributed by atoms with Crippen molar-refractivity contribution in [1.29, 1.82) is 0 Å². The first-order chi connectivity index (χ1) is 11.1. The van der Waals surface area contributed by atoms with E-state index >= 15 is 0 Å². The van der Waals surface area contributed by atoms with E-state index in [2.05, 4.69) is 10.4 Å². The van der Waals surface area contributed by atoms with Crippen molar-refractivity contribution in [3.05, 3.63) is 42.1 Å². The Hall–Kier alpha value is -2.40. The normalized spacial score (nSPS) is 12.2. The van der Waals surface area contributed by atoms with Crippen LogP contribution in [0.4, 0.5) is 19.0 Å². The van der Waals surface area contributed by atoms with Gasteiger partial charge in [0.2, 0.25) is 15.9 Å². The largest absolute Gasteiger partial charge is 0.416 e. The summed E-state index contributed by atoms with van der Waals surface area (Å²) in [6.07, 6.45) is -3.09. The molecule has 0 spiro atoms. The van der Waals surface area contributed by atoms with Crippen LogP contribution in [0.5, 0.6) is 0 Å². The number of carbonyl (C=O) groups excluding carboxylic acids is 1. The van der Waals surface area contributed by atoms with Crippen LogP contribution in [0.15, 0.2) is 41.4 Å². The zero-order chi connectivity index (χ0) is 18.0. The number of sulfonamides is 1. The summed E-state index contributed by atoms with van der Waals surface area (Å²) >= 11 is 0. The first kappa shape index (κ1) is 17.9. The van der Waals surface area contributed by atoms with Crippen LogP contribution >= 0.6 is 0 Å². The maximum atomic E-state index is 12.6. The molecule has 2 rings (SSSR count). The van der Waals surface area contributed by atoms with Gasteiger partial charge < -0.3 is 5.32 Å². The molecule has 1 heterocycles. The summed E-state index contributed by atoms with van der Waals surface area (Å²) in [7, 11) is -2.63. The molecule has 0 atom stereocenters. The van der Waals surface area contributed by atoms with E-state index in [1.165, 1.54) is 10.7 Å². The molecule has 130 valence electrons. The first-order valence-electron chi connectivity index (χ1n) is 6.54. The minimum atomic E-state index is -4.66. The SMILES string of the molecule is Cn1ccc(NC(=O)CNS(=O)(=O)c2cccc(C(F)(F)F)c2)n1. The number of hydrogen-bond donors (Lipinski definition) is 2. The van der Waals surface area contributed by atoms with Gasteiger partial charge in [-0.3, -0.25) is 9.48 Å². The van der Waals surface area contributed by atoms with E-state index in [9.17, 15) is 26.4 Å². The number of benzene rings is 1. The molecule has 2 aromatic rings. The van der Waals surface area contributed by atoms with Crippen molar-refractivity contribution in [3.63, 3.8) is 0 Å². The van der Waals surface area contributed by atoms with Crippen molar-refractivity contribution in [2.24, 2.45) is 7.05 Å². The molecular weight excluding hydrogens is 349 g/mol. The third-order valence-corrected chi connectivity index (χ3v) is 4.27. The number of aryl methyl sites for hydroxylation is 1. The molecule has 0 bridgehead atoms. The van der Waals surface area contributed by atoms with Crippen molar-refractivity contribution in [1.82, 2.24) is 14.5 Å². The minimum Gasteiger partial charge on any atom is -0.308 e. The molecule has 1 aromatic carbocycles. The van der Waals surface area contributed by atoms with Gasteiger partial charge in [-0.15, -0.1) is 0 Å². The molecule has 0 aliphatic carbocycles. The smallest absolute Gasteiger partial charge is 0.308 e. The van der Waals surface area contributed by atoms with Gasteiger partial charge in [0.15, 0.2) is 5.82 Å². The summed E-state index contributed by atoms with van der Waals surface area (Å²) in [4.78, 5) is 11.1. The van der Waals surface area contributed by atoms with Crippen LogP contribution in [0.2, 0.25) is 0 Å². The summed E-state index contributed by atoms with van der Waals surface area (Å²) in [5, 5.41) is 6.22. The Morgan fingerprint density at radius 2 is 2.00 bits per heavy atom. The second kappa shape index (κ2) is 6.61. The molecule has 1 aromatic heterocycles. The van der Waals surface area contributed by atoms with Crippen molar-refractivity contribution in [3.8, 4) is 0 Å². The van der Waals surface area contributed by atoms with Crippen LogP contribution in [-0.4, -0.2) is 30.7 Å². The average Bonchev–Trinajstić information content (AvgIpc) is 2.90. The summed E-state index contributed by atoms with van der Waals surface area (Å²) in [6.45, 7) is -0.644. The molecule has 0 aliphatic rings. The number of rotatable bonds is 5. The molecule has 7 nitrogen and oxygen atoms in total. The van der Waals surface area contributed by atoms with Crippen LogP contribution in [0.25, 0.3) is 0 Å². The Bertz CT molecular complexity index is 846. The van der Waals surface area contributed by atoms with E-state index in [4.69, 9.17) is 0 Å². The van der Waals surface area contributed by atoms with Gasteiger partial charge in [-0.05, 0) is 18.2 Å². The number of hydrogen-bond acceptors (Lipinski definition) is 4. The number of nitrogens with zero attached hydrogens (tertiary/aromatic N) is 2. The fraction of sp³-hybridized carbons (Fsp3) is 0.231. The van der Waals surface area contributed by atoms with Crippen LogP contribution in [0, 0.1) is 0 Å². The number of carbonyl (C=O) groups is 1. The predicted octanol–water partition coefficient (Wildman–Crippen LogP) is 1.36. The maximum absolute atomic E-state index is 12.6. The minimum absolute atomic E-state index is 0.223. The van der Waals surface area contributed by atoms with Gasteiger partial charge >= 0.3 is 6.18 Å². The van der Waals surface area contributed by atoms with Gasteiger partial charge in [0, 0.05) is 19.3 Å². The molecular formula is C13H13F3N4O3S. The number of aromatic nitrogens is 2. The summed E-state index contributed by atoms with van der Waals surface area (Å²) < 4.78 is 65.2. The highest BCUT2D eigenvalue weighted by Gasteiger charge is 2.31. The van der Waals surface area contributed by atoms with E-state index in [1.54, 1.807) is 13.2 Å². The maximum Gasteiger partial charge on any atom is 0.416 e. The molecule has 0 radical (unpaired) electrons. The predicted molar refractivity (Wildman–Crippen MR) is 78.5 cm³/mol. The van der Waals surface area contributed by atoms with Crippen LogP contribution < -0.4 is 10.0 Å². The summed E-state index contributed by atoms with van der Waals surface area (Å²) in [5.74, 6) is -0.481. The Balaban J connectivity index is 2.04. The molecule has 0 saturated heterocycles. The third-order valence-electron chi connectivity index (χ3n) is 2.88. The molecule has 0 unspecified atom stereocenters. The number of amides is 1. The van der Waals surface area contributed by atoms with Crippen LogP contribution in [0.3, 0.4) is 0 Å². The lowest BCUT2D eigenvalue weighted by Gasteiger charge is -2.10. The van der Waals surface area contributed by atoms with E-state index < -0.39 is 39.1 Å². The van der Waals surface area contributed by atoms with E-state index in [0.717, 1.165) is 18.2 Å². The first-order valence-corrected chi connectivity index (χ1v) is 8.03. The lowest BCUT2D eigenvalue weighted by Crippen LogP contribution is -2.33. The highest BCUT2D eigenvalue weighted by Crippen LogP contribution is 2.30. The van der Waals surface area contributed by atoms with Gasteiger partial charge in [0.1, 0.15) is 0 Å². The quantitative estimate of drug-likeness (QED) is 0.840. The highest BCUT2D eigenvalue weighted by molar-refractivity contribution is 7.89. The topological polar surface area (TPSA) is 93.1 Å². The van der Waals surface area contributed by atoms with Gasteiger partial charge in [0.25, 0.3) is 0 Å². The Morgan fingerprint density at radius 1 is 1.29 bits per heavy atom. The zero-order valence-electron chi connectivity index (χ0n) is 12.3. The van der Waals surface area contributed by atoms with Crippen molar-refractivity contribution in [2.45, 2.75) is 11.1 Å². The second-order valence-electron chi connectivity index (χ2n) is 4.77. The zero-order valence-corrected chi connectivity index (χ0v) is 13.1. The molecule has 24 heavy (non-hydrogen) atoms. The van der Waals surface area contributed by atoms with Crippen molar-refractivity contribution < 1.29 is 26.4 Å². The van der Waals surface area contributed by atoms with Crippen molar-refractivity contribution in [2.75, 3.05) is 11.9 Å². The average molecular weight is 362 g/mol. The van der Waals surface area contributed by atoms with E-state index in [1.807, 2.05) is 4.72 Å². The standard InChI is InChI=1S/C13H13F3N4O3S/c1-20-6-5-11(19-20)18-12(21)8-17-24(22,23)10-4-2-3-9(7-10)13(14,15)16/h2-7,17H,8H2,1H3,(H,18,19,21). The monoisotopic (exact) mass is 362 g/mol. The van der Waals surface area contributed by atoms with Gasteiger partial charge in [-0.2, -0.15) is 18.3 Å². The fourth-order valence-electron chi connectivity index (χ4n) is 1.75. The van der Waals surface area contributed by atoms with Crippen LogP contribution in [-0.2, 0) is 28.0 Å². The Morgan fingerprint density at radius 3 is 2.58 bits per heavy atom. The van der Waals surface area contributed by atoms with E-state index in [0.29, 0.717) is 6.07 Å². The highest BCUT2D eigenvalue weighted by atomic mass is 32.2. The number of nitrogens with one attached hydrogen (secondary N) is 2. The summed E-state index contributed by atoms with van der Waals surface area (Å²) in [5.41, 5.74) is -1.09. The summed E-state index contributed by atoms with van der Waals surface area (Å²) in [6, 6.07) is 4.74. The third kappa shape index (κ3) is 4.55. The fourth-order valence-corrected chi connectivity index (χ4v) is 2.78. The van der Waals surface area contributed by atoms with Crippen LogP contribution in [0.1, 0.15) is 5.56 Å². The Kier molecular flexibility index (Phi) is 4.94. The molecule has 0 fully saturated rings. The lowest BCUT2D eigenvalue weighted by atomic mass is 10.2. The van der Waals surface area contributed by atoms with Gasteiger partial charge in [-0.25, -0.2) is 13.1 Å². The number of anilines is 1. The van der Waals surface area contributed by atoms with Gasteiger partial charge in [0.05, 0.1) is 17.0 Å². The second-order valence-corrected chi connectivity index (χ2v) is 6.54. The molecule has 1 amide bonds. The van der Waals surface area contributed by atoms with Crippen molar-refractivity contribution >= 4 is 21.7 Å². The Labute approximate surface area is 135 Å². The lowest BCUT2D eigenvalue weighted by molar-refractivity contribution is -0.137. The van der Waals surface area contributed by atoms with E-state index in [-0.39, 0.29) is 5.82 Å². The van der Waals surface area contributed by atoms with Gasteiger partial charge in [-0.1, -0.05) is 6.07 Å². The molecule has 11 heteroatoms.